The number of fused-ring (bicyclic) bond motifs is 4. The van der Waals surface area contributed by atoms with Gasteiger partial charge < -0.3 is 24.5 Å². The fourth-order valence-electron chi connectivity index (χ4n) is 7.40. The zero-order chi connectivity index (χ0) is 32.4. The lowest BCUT2D eigenvalue weighted by Gasteiger charge is -2.46. The first-order valence-corrected chi connectivity index (χ1v) is 15.9. The van der Waals surface area contributed by atoms with E-state index in [-0.39, 0.29) is 36.6 Å². The van der Waals surface area contributed by atoms with Crippen LogP contribution >= 0.6 is 11.3 Å². The predicted molar refractivity (Wildman–Crippen MR) is 163 cm³/mol. The number of pyridine rings is 1. The van der Waals surface area contributed by atoms with Crippen molar-refractivity contribution < 1.29 is 37.0 Å². The largest absolute Gasteiger partial charge is 0.444 e. The van der Waals surface area contributed by atoms with Crippen LogP contribution in [0, 0.1) is 5.82 Å². The van der Waals surface area contributed by atoms with E-state index in [1.54, 1.807) is 23.3 Å². The van der Waals surface area contributed by atoms with Crippen LogP contribution < -0.4 is 15.6 Å². The molecule has 4 aromatic rings. The van der Waals surface area contributed by atoms with Crippen molar-refractivity contribution in [2.24, 2.45) is 0 Å². The lowest BCUT2D eigenvalue weighted by Crippen LogP contribution is -2.60. The molecule has 5 heterocycles. The highest BCUT2D eigenvalue weighted by Crippen LogP contribution is 2.56. The van der Waals surface area contributed by atoms with Gasteiger partial charge >= 0.3 is 5.97 Å². The second-order valence-electron chi connectivity index (χ2n) is 12.2. The summed E-state index contributed by atoms with van der Waals surface area (Å²) in [6, 6.07) is 9.65. The lowest BCUT2D eigenvalue weighted by molar-refractivity contribution is -0.148. The molecule has 1 fully saturated rings. The van der Waals surface area contributed by atoms with E-state index in [0.29, 0.717) is 22.3 Å². The molecule has 1 saturated heterocycles. The molecule has 0 radical (unpaired) electrons. The maximum absolute atomic E-state index is 15.4. The zero-order valence-corrected chi connectivity index (χ0v) is 25.5. The summed E-state index contributed by atoms with van der Waals surface area (Å²) in [5.41, 5.74) is 6.90. The van der Waals surface area contributed by atoms with Gasteiger partial charge in [0.1, 0.15) is 18.1 Å². The van der Waals surface area contributed by atoms with E-state index < -0.39 is 59.6 Å². The van der Waals surface area contributed by atoms with E-state index in [1.165, 1.54) is 34.4 Å². The van der Waals surface area contributed by atoms with E-state index in [1.807, 2.05) is 18.2 Å². The summed E-state index contributed by atoms with van der Waals surface area (Å²) in [7, 11) is 0. The topological polar surface area (TPSA) is 99.1 Å². The van der Waals surface area contributed by atoms with Crippen LogP contribution in [0.25, 0.3) is 21.6 Å². The van der Waals surface area contributed by atoms with E-state index in [0.717, 1.165) is 27.6 Å². The summed E-state index contributed by atoms with van der Waals surface area (Å²) in [5.74, 6) is -5.58. The Balaban J connectivity index is 1.14. The Bertz CT molecular complexity index is 2170. The number of esters is 1. The van der Waals surface area contributed by atoms with Crippen LogP contribution in [0.3, 0.4) is 0 Å². The normalized spacial score (nSPS) is 23.0. The number of alkyl halides is 2. The number of nitrogens with zero attached hydrogens (tertiary/aromatic N) is 2. The summed E-state index contributed by atoms with van der Waals surface area (Å²) >= 11 is 1.36. The average Bonchev–Trinajstić information content (AvgIpc) is 3.55. The molecule has 3 atom stereocenters. The number of nitrogens with one attached hydrogen (secondary N) is 1. The minimum atomic E-state index is -3.34. The Labute approximate surface area is 268 Å². The summed E-state index contributed by atoms with van der Waals surface area (Å²) in [6.07, 6.45) is -0.0250. The Morgan fingerprint density at radius 1 is 1.09 bits per heavy atom. The molecular formula is C34H24F3N3O6S. The summed E-state index contributed by atoms with van der Waals surface area (Å²) < 4.78 is 64.5. The highest BCUT2D eigenvalue weighted by Gasteiger charge is 2.47. The number of morpholine rings is 1. The Morgan fingerprint density at radius 2 is 1.94 bits per heavy atom. The number of ether oxygens (including phenoxy) is 3. The molecule has 9 nitrogen and oxygen atoms in total. The third kappa shape index (κ3) is 4.02. The first-order valence-electron chi connectivity index (χ1n) is 15.0. The Hall–Kier alpha value is -4.88. The number of halogens is 3. The zero-order valence-electron chi connectivity index (χ0n) is 24.6. The highest BCUT2D eigenvalue weighted by atomic mass is 32.1. The van der Waals surface area contributed by atoms with Gasteiger partial charge in [-0.15, -0.1) is 11.3 Å². The number of thiophene rings is 1. The molecule has 9 rings (SSSR count). The van der Waals surface area contributed by atoms with E-state index in [9.17, 15) is 14.4 Å². The molecular weight excluding hydrogens is 635 g/mol. The summed E-state index contributed by atoms with van der Waals surface area (Å²) in [5, 5.41) is 1.74. The van der Waals surface area contributed by atoms with Crippen LogP contribution in [0.15, 0.2) is 64.4 Å². The van der Waals surface area contributed by atoms with Crippen molar-refractivity contribution in [3.05, 3.63) is 109 Å². The van der Waals surface area contributed by atoms with Crippen LogP contribution in [0.4, 0.5) is 13.2 Å². The van der Waals surface area contributed by atoms with Crippen LogP contribution in [-0.4, -0.2) is 47.1 Å². The molecule has 0 bridgehead atoms. The van der Waals surface area contributed by atoms with Gasteiger partial charge in [0.2, 0.25) is 11.2 Å². The molecule has 1 N–H and O–H groups in total. The van der Waals surface area contributed by atoms with Crippen molar-refractivity contribution in [2.45, 2.75) is 44.2 Å². The molecule has 3 aliphatic heterocycles. The number of rotatable bonds is 3. The van der Waals surface area contributed by atoms with Gasteiger partial charge in [-0.2, -0.15) is 0 Å². The fraction of sp³-hybridized carbons (Fsp3) is 0.265. The smallest absolute Gasteiger partial charge is 0.336 e. The summed E-state index contributed by atoms with van der Waals surface area (Å²) in [6.45, 7) is 1.95. The van der Waals surface area contributed by atoms with E-state index in [4.69, 9.17) is 14.2 Å². The molecule has 2 unspecified atom stereocenters. The van der Waals surface area contributed by atoms with Gasteiger partial charge in [0, 0.05) is 47.3 Å². The van der Waals surface area contributed by atoms with Gasteiger partial charge in [-0.3, -0.25) is 14.3 Å². The number of carbonyl (C=O) groups is 2. The van der Waals surface area contributed by atoms with E-state index >= 15 is 13.2 Å². The number of amides is 1. The van der Waals surface area contributed by atoms with Crippen molar-refractivity contribution in [1.29, 1.82) is 0 Å². The average molecular weight is 660 g/mol. The van der Waals surface area contributed by atoms with Crippen LogP contribution in [0.2, 0.25) is 0 Å². The van der Waals surface area contributed by atoms with Crippen molar-refractivity contribution >= 4 is 23.2 Å². The SMILES string of the molecule is CC1=CC(Oc2c3n(ccc2=O)N[C@@H]2C(c4cccc5c4Cc4ccc(F)c6c4-c4c(csc4-5)CC6(F)F)OCCN2C3=O)OC1=O. The quantitative estimate of drug-likeness (QED) is 0.265. The molecule has 0 spiro atoms. The lowest BCUT2D eigenvalue weighted by atomic mass is 9.81. The molecule has 5 aliphatic rings. The Morgan fingerprint density at radius 3 is 2.74 bits per heavy atom. The van der Waals surface area contributed by atoms with Crippen LogP contribution in [0.5, 0.6) is 5.75 Å². The second-order valence-corrected chi connectivity index (χ2v) is 13.1. The fourth-order valence-corrected chi connectivity index (χ4v) is 8.53. The first-order chi connectivity index (χ1) is 22.6. The monoisotopic (exact) mass is 659 g/mol. The molecule has 2 aromatic carbocycles. The minimum absolute atomic E-state index is 0.0474. The van der Waals surface area contributed by atoms with E-state index in [2.05, 4.69) is 5.43 Å². The maximum Gasteiger partial charge on any atom is 0.336 e. The molecule has 13 heteroatoms. The van der Waals surface area contributed by atoms with Crippen molar-refractivity contribution in [3.8, 4) is 27.3 Å². The maximum atomic E-state index is 15.4. The number of hydrogen-bond acceptors (Lipinski definition) is 8. The number of hydrogen-bond donors (Lipinski definition) is 1. The molecule has 47 heavy (non-hydrogen) atoms. The van der Waals surface area contributed by atoms with Gasteiger partial charge in [-0.05, 0) is 58.2 Å². The third-order valence-electron chi connectivity index (χ3n) is 9.47. The standard InChI is InChI=1S/C34H24F3N3O6S/c1-15-11-23(46-33(15)43)45-29-22(41)7-8-40-27(29)32(42)39-9-10-44-28(31(39)38-40)18-3-2-4-19-20(18)12-16-5-6-21(35)26-24(16)25-17(13-34(26,36)37)14-47-30(19)25/h2-8,11,14,23,28,31,38H,9-10,12-13H2,1H3/t23?,28?,31-/m0/s1. The van der Waals surface area contributed by atoms with Crippen LogP contribution in [0.1, 0.15) is 51.3 Å². The van der Waals surface area contributed by atoms with Gasteiger partial charge in [0.15, 0.2) is 5.69 Å². The molecule has 2 aromatic heterocycles. The van der Waals surface area contributed by atoms with Crippen molar-refractivity contribution in [2.75, 3.05) is 18.6 Å². The molecule has 2 aliphatic carbocycles. The Kier molecular flexibility index (Phi) is 5.92. The first kappa shape index (κ1) is 28.4. The molecule has 238 valence electrons. The summed E-state index contributed by atoms with van der Waals surface area (Å²) in [4.78, 5) is 41.3. The molecule has 0 saturated carbocycles. The second kappa shape index (κ2) is 9.81. The number of cyclic esters (lactones) is 1. The predicted octanol–water partition coefficient (Wildman–Crippen LogP) is 5.24. The van der Waals surface area contributed by atoms with Crippen LogP contribution in [-0.2, 0) is 33.0 Å². The number of carbonyl (C=O) groups excluding carboxylic acids is 2. The van der Waals surface area contributed by atoms with Gasteiger partial charge in [-0.1, -0.05) is 24.3 Å². The molecule has 1 amide bonds. The third-order valence-corrected chi connectivity index (χ3v) is 10.5. The highest BCUT2D eigenvalue weighted by molar-refractivity contribution is 7.14. The van der Waals surface area contributed by atoms with Crippen molar-refractivity contribution in [3.63, 3.8) is 0 Å². The number of aromatic nitrogens is 1. The van der Waals surface area contributed by atoms with Gasteiger partial charge in [0.05, 0.1) is 12.2 Å². The minimum Gasteiger partial charge on any atom is -0.444 e. The van der Waals surface area contributed by atoms with Crippen molar-refractivity contribution in [1.82, 2.24) is 9.58 Å². The van der Waals surface area contributed by atoms with Gasteiger partial charge in [0.25, 0.3) is 18.1 Å². The van der Waals surface area contributed by atoms with Gasteiger partial charge in [-0.25, -0.2) is 18.0 Å². The number of benzene rings is 2.